The van der Waals surface area contributed by atoms with Gasteiger partial charge in [0.2, 0.25) is 0 Å². The molecule has 0 atom stereocenters. The summed E-state index contributed by atoms with van der Waals surface area (Å²) in [7, 11) is 0. The third-order valence-corrected chi connectivity index (χ3v) is 2.03. The van der Waals surface area contributed by atoms with Crippen LogP contribution in [0, 0.1) is 5.92 Å². The molecule has 0 aliphatic heterocycles. The van der Waals surface area contributed by atoms with Gasteiger partial charge in [-0.2, -0.15) is 0 Å². The van der Waals surface area contributed by atoms with E-state index in [2.05, 4.69) is 13.8 Å². The van der Waals surface area contributed by atoms with Gasteiger partial charge in [-0.15, -0.1) is 0 Å². The fourth-order valence-electron chi connectivity index (χ4n) is 1.50. The number of carbonyl (C=O) groups is 1. The minimum Gasteiger partial charge on any atom is -0.480 e. The van der Waals surface area contributed by atoms with Crippen molar-refractivity contribution >= 4 is 11.7 Å². The average molecular weight is 207 g/mol. The monoisotopic (exact) mass is 207 g/mol. The van der Waals surface area contributed by atoms with Gasteiger partial charge in [0.25, 0.3) is 0 Å². The predicted octanol–water partition coefficient (Wildman–Crippen LogP) is 2.23. The number of rotatable bonds is 5. The van der Waals surface area contributed by atoms with Crippen LogP contribution < -0.4 is 4.90 Å². The molecule has 0 aliphatic rings. The molecule has 0 bridgehead atoms. The van der Waals surface area contributed by atoms with Crippen molar-refractivity contribution < 1.29 is 9.90 Å². The van der Waals surface area contributed by atoms with Crippen molar-refractivity contribution in [1.82, 2.24) is 0 Å². The number of aliphatic carboxylic acids is 1. The Hall–Kier alpha value is -1.51. The van der Waals surface area contributed by atoms with Gasteiger partial charge in [0.05, 0.1) is 0 Å². The number of para-hydroxylation sites is 1. The number of benzene rings is 1. The number of anilines is 1. The van der Waals surface area contributed by atoms with Gasteiger partial charge >= 0.3 is 5.97 Å². The van der Waals surface area contributed by atoms with Crippen LogP contribution in [0.25, 0.3) is 0 Å². The highest BCUT2D eigenvalue weighted by molar-refractivity contribution is 5.73. The van der Waals surface area contributed by atoms with E-state index < -0.39 is 5.97 Å². The van der Waals surface area contributed by atoms with E-state index in [1.807, 2.05) is 35.2 Å². The molecule has 3 heteroatoms. The maximum absolute atomic E-state index is 10.7. The lowest BCUT2D eigenvalue weighted by atomic mass is 10.2. The topological polar surface area (TPSA) is 40.5 Å². The van der Waals surface area contributed by atoms with Crippen LogP contribution in [0.3, 0.4) is 0 Å². The molecule has 1 N–H and O–H groups in total. The van der Waals surface area contributed by atoms with Crippen molar-refractivity contribution in [1.29, 1.82) is 0 Å². The van der Waals surface area contributed by atoms with Crippen molar-refractivity contribution in [3.8, 4) is 0 Å². The van der Waals surface area contributed by atoms with Crippen molar-refractivity contribution in [2.45, 2.75) is 13.8 Å². The van der Waals surface area contributed by atoms with Crippen molar-refractivity contribution in [3.05, 3.63) is 30.3 Å². The molecule has 0 fully saturated rings. The molecule has 0 aliphatic carbocycles. The summed E-state index contributed by atoms with van der Waals surface area (Å²) in [6.45, 7) is 4.98. The average Bonchev–Trinajstić information content (AvgIpc) is 2.17. The lowest BCUT2D eigenvalue weighted by molar-refractivity contribution is -0.135. The normalized spacial score (nSPS) is 10.3. The van der Waals surface area contributed by atoms with Gasteiger partial charge in [0.1, 0.15) is 6.54 Å². The maximum Gasteiger partial charge on any atom is 0.323 e. The summed E-state index contributed by atoms with van der Waals surface area (Å²) in [5, 5.41) is 8.82. The number of hydrogen-bond donors (Lipinski definition) is 1. The minimum absolute atomic E-state index is 0.0577. The Bertz CT molecular complexity index is 309. The molecule has 0 amide bonds. The molecule has 0 aromatic heterocycles. The van der Waals surface area contributed by atoms with Crippen LogP contribution in [0.5, 0.6) is 0 Å². The molecule has 0 spiro atoms. The summed E-state index contributed by atoms with van der Waals surface area (Å²) in [5.41, 5.74) is 0.966. The van der Waals surface area contributed by atoms with E-state index in [-0.39, 0.29) is 6.54 Å². The highest BCUT2D eigenvalue weighted by Gasteiger charge is 2.11. The largest absolute Gasteiger partial charge is 0.480 e. The van der Waals surface area contributed by atoms with E-state index in [0.29, 0.717) is 5.92 Å². The zero-order valence-corrected chi connectivity index (χ0v) is 9.18. The molecule has 1 aromatic carbocycles. The van der Waals surface area contributed by atoms with Crippen molar-refractivity contribution in [2.24, 2.45) is 5.92 Å². The summed E-state index contributed by atoms with van der Waals surface area (Å²) in [6.07, 6.45) is 0. The van der Waals surface area contributed by atoms with E-state index in [9.17, 15) is 4.79 Å². The molecular formula is C12H17NO2. The number of nitrogens with zero attached hydrogens (tertiary/aromatic N) is 1. The molecule has 3 nitrogen and oxygen atoms in total. The second kappa shape index (κ2) is 5.39. The van der Waals surface area contributed by atoms with E-state index in [4.69, 9.17) is 5.11 Å². The molecule has 1 rings (SSSR count). The first-order valence-corrected chi connectivity index (χ1v) is 5.11. The van der Waals surface area contributed by atoms with Crippen LogP contribution in [-0.2, 0) is 4.79 Å². The smallest absolute Gasteiger partial charge is 0.323 e. The summed E-state index contributed by atoms with van der Waals surface area (Å²) < 4.78 is 0. The Labute approximate surface area is 90.3 Å². The van der Waals surface area contributed by atoms with Crippen LogP contribution in [0.2, 0.25) is 0 Å². The van der Waals surface area contributed by atoms with Gasteiger partial charge in [-0.05, 0) is 18.1 Å². The second-order valence-corrected chi connectivity index (χ2v) is 4.00. The molecule has 0 heterocycles. The molecule has 0 unspecified atom stereocenters. The predicted molar refractivity (Wildman–Crippen MR) is 61.1 cm³/mol. The Morgan fingerprint density at radius 3 is 2.40 bits per heavy atom. The zero-order chi connectivity index (χ0) is 11.3. The summed E-state index contributed by atoms with van der Waals surface area (Å²) in [5.74, 6) is -0.343. The lowest BCUT2D eigenvalue weighted by Crippen LogP contribution is -2.32. The Morgan fingerprint density at radius 1 is 1.33 bits per heavy atom. The van der Waals surface area contributed by atoms with E-state index in [0.717, 1.165) is 12.2 Å². The fourth-order valence-corrected chi connectivity index (χ4v) is 1.50. The molecule has 15 heavy (non-hydrogen) atoms. The van der Waals surface area contributed by atoms with Gasteiger partial charge in [0.15, 0.2) is 0 Å². The summed E-state index contributed by atoms with van der Waals surface area (Å²) >= 11 is 0. The first-order valence-electron chi connectivity index (χ1n) is 5.11. The zero-order valence-electron chi connectivity index (χ0n) is 9.18. The SMILES string of the molecule is CC(C)CN(CC(=O)O)c1ccccc1. The molecular weight excluding hydrogens is 190 g/mol. The third kappa shape index (κ3) is 4.02. The summed E-state index contributed by atoms with van der Waals surface area (Å²) in [4.78, 5) is 12.6. The van der Waals surface area contributed by atoms with Crippen LogP contribution in [-0.4, -0.2) is 24.2 Å². The molecule has 82 valence electrons. The highest BCUT2D eigenvalue weighted by Crippen LogP contribution is 2.14. The second-order valence-electron chi connectivity index (χ2n) is 4.00. The third-order valence-electron chi connectivity index (χ3n) is 2.03. The van der Waals surface area contributed by atoms with E-state index in [1.165, 1.54) is 0 Å². The fraction of sp³-hybridized carbons (Fsp3) is 0.417. The van der Waals surface area contributed by atoms with Gasteiger partial charge in [-0.1, -0.05) is 32.0 Å². The Morgan fingerprint density at radius 2 is 1.93 bits per heavy atom. The van der Waals surface area contributed by atoms with Gasteiger partial charge in [-0.3, -0.25) is 4.79 Å². The number of carboxylic acid groups (broad SMARTS) is 1. The van der Waals surface area contributed by atoms with Gasteiger partial charge < -0.3 is 10.0 Å². The quantitative estimate of drug-likeness (QED) is 0.805. The molecule has 1 aromatic rings. The van der Waals surface area contributed by atoms with Gasteiger partial charge in [-0.25, -0.2) is 0 Å². The van der Waals surface area contributed by atoms with Crippen LogP contribution in [0.1, 0.15) is 13.8 Å². The van der Waals surface area contributed by atoms with Crippen LogP contribution in [0.4, 0.5) is 5.69 Å². The van der Waals surface area contributed by atoms with Crippen molar-refractivity contribution in [3.63, 3.8) is 0 Å². The standard InChI is InChI=1S/C12H17NO2/c1-10(2)8-13(9-12(14)15)11-6-4-3-5-7-11/h3-7,10H,8-9H2,1-2H3,(H,14,15). The highest BCUT2D eigenvalue weighted by atomic mass is 16.4. The molecule has 0 saturated carbocycles. The number of carboxylic acids is 1. The first kappa shape index (κ1) is 11.6. The van der Waals surface area contributed by atoms with E-state index in [1.54, 1.807) is 0 Å². The van der Waals surface area contributed by atoms with Crippen LogP contribution >= 0.6 is 0 Å². The summed E-state index contributed by atoms with van der Waals surface area (Å²) in [6, 6.07) is 9.64. The molecule has 0 radical (unpaired) electrons. The minimum atomic E-state index is -0.792. The molecule has 0 saturated heterocycles. The Kier molecular flexibility index (Phi) is 4.16. The first-order chi connectivity index (χ1) is 7.09. The Balaban J connectivity index is 2.76. The van der Waals surface area contributed by atoms with Crippen LogP contribution in [0.15, 0.2) is 30.3 Å². The maximum atomic E-state index is 10.7. The number of hydrogen-bond acceptors (Lipinski definition) is 2. The van der Waals surface area contributed by atoms with E-state index >= 15 is 0 Å². The lowest BCUT2D eigenvalue weighted by Gasteiger charge is -2.24. The van der Waals surface area contributed by atoms with Gasteiger partial charge in [0, 0.05) is 12.2 Å². The van der Waals surface area contributed by atoms with Crippen molar-refractivity contribution in [2.75, 3.05) is 18.0 Å².